The summed E-state index contributed by atoms with van der Waals surface area (Å²) in [6.45, 7) is 0. The van der Waals surface area contributed by atoms with Gasteiger partial charge >= 0.3 is 0 Å². The minimum atomic E-state index is -3.36. The van der Waals surface area contributed by atoms with Crippen molar-refractivity contribution in [2.24, 2.45) is 5.73 Å². The molecule has 25 heavy (non-hydrogen) atoms. The second-order valence-electron chi connectivity index (χ2n) is 7.23. The Morgan fingerprint density at radius 1 is 1.12 bits per heavy atom. The van der Waals surface area contributed by atoms with Gasteiger partial charge in [-0.05, 0) is 55.4 Å². The predicted octanol–water partition coefficient (Wildman–Crippen LogP) is 2.30. The van der Waals surface area contributed by atoms with E-state index in [1.54, 1.807) is 6.07 Å². The van der Waals surface area contributed by atoms with Gasteiger partial charge in [-0.1, -0.05) is 24.1 Å². The van der Waals surface area contributed by atoms with E-state index >= 15 is 0 Å². The van der Waals surface area contributed by atoms with Crippen LogP contribution in [0.5, 0.6) is 0 Å². The van der Waals surface area contributed by atoms with E-state index in [1.807, 2.05) is 12.1 Å². The van der Waals surface area contributed by atoms with Crippen LogP contribution >= 0.6 is 0 Å². The third-order valence-corrected chi connectivity index (χ3v) is 7.14. The first-order valence-corrected chi connectivity index (χ1v) is 10.6. The van der Waals surface area contributed by atoms with Crippen molar-refractivity contribution in [1.82, 2.24) is 10.1 Å². The van der Waals surface area contributed by atoms with Crippen LogP contribution < -0.4 is 5.73 Å². The molecule has 7 heteroatoms. The van der Waals surface area contributed by atoms with Crippen LogP contribution in [-0.2, 0) is 34.6 Å². The third kappa shape index (κ3) is 3.22. The maximum atomic E-state index is 12.6. The molecule has 0 aliphatic heterocycles. The summed E-state index contributed by atoms with van der Waals surface area (Å²) in [5.74, 6) is 0.816. The van der Waals surface area contributed by atoms with E-state index < -0.39 is 15.4 Å². The molecule has 0 unspecified atom stereocenters. The lowest BCUT2D eigenvalue weighted by Gasteiger charge is -2.17. The number of hydrogen-bond donors (Lipinski definition) is 1. The molecule has 0 radical (unpaired) electrons. The molecule has 1 saturated carbocycles. The van der Waals surface area contributed by atoms with E-state index in [-0.39, 0.29) is 12.2 Å². The van der Waals surface area contributed by atoms with Crippen molar-refractivity contribution in [3.05, 3.63) is 41.0 Å². The zero-order valence-electron chi connectivity index (χ0n) is 14.2. The summed E-state index contributed by atoms with van der Waals surface area (Å²) in [5, 5.41) is 3.98. The second-order valence-corrected chi connectivity index (χ2v) is 9.34. The normalized spacial score (nSPS) is 19.2. The molecular formula is C18H23N3O3S. The molecule has 1 heterocycles. The van der Waals surface area contributed by atoms with E-state index in [4.69, 9.17) is 10.3 Å². The number of fused-ring (bicyclic) bond motifs is 1. The standard InChI is InChI=1S/C18H23N3O3S/c19-18(9-1-2-10-18)17-20-16(24-21-17)8-11-25(22,23)15-7-6-13-4-3-5-14(13)12-15/h6-7,12H,1-5,8-11,19H2. The molecule has 1 aromatic heterocycles. The van der Waals surface area contributed by atoms with Crippen molar-refractivity contribution in [2.45, 2.75) is 61.8 Å². The summed E-state index contributed by atoms with van der Waals surface area (Å²) in [6.07, 6.45) is 7.14. The Kier molecular flexibility index (Phi) is 4.16. The van der Waals surface area contributed by atoms with Gasteiger partial charge in [0.25, 0.3) is 0 Å². The summed E-state index contributed by atoms with van der Waals surface area (Å²) >= 11 is 0. The number of aryl methyl sites for hydroxylation is 3. The van der Waals surface area contributed by atoms with Crippen LogP contribution in [0.4, 0.5) is 0 Å². The number of benzene rings is 1. The van der Waals surface area contributed by atoms with Crippen LogP contribution in [0.25, 0.3) is 0 Å². The van der Waals surface area contributed by atoms with Gasteiger partial charge in [0.2, 0.25) is 5.89 Å². The molecule has 134 valence electrons. The lowest BCUT2D eigenvalue weighted by atomic mass is 9.99. The minimum Gasteiger partial charge on any atom is -0.339 e. The van der Waals surface area contributed by atoms with Crippen molar-refractivity contribution >= 4 is 9.84 Å². The Bertz CT molecular complexity index is 883. The van der Waals surface area contributed by atoms with Crippen LogP contribution in [0.15, 0.2) is 27.6 Å². The molecule has 6 nitrogen and oxygen atoms in total. The summed E-state index contributed by atoms with van der Waals surface area (Å²) in [6, 6.07) is 5.48. The lowest BCUT2D eigenvalue weighted by Crippen LogP contribution is -2.34. The molecule has 0 bridgehead atoms. The zero-order chi connectivity index (χ0) is 17.5. The Labute approximate surface area is 147 Å². The predicted molar refractivity (Wildman–Crippen MR) is 92.9 cm³/mol. The highest BCUT2D eigenvalue weighted by molar-refractivity contribution is 7.91. The Hall–Kier alpha value is -1.73. The number of nitrogens with zero attached hydrogens (tertiary/aromatic N) is 2. The number of aromatic nitrogens is 2. The van der Waals surface area contributed by atoms with E-state index in [9.17, 15) is 8.42 Å². The van der Waals surface area contributed by atoms with E-state index in [0.717, 1.165) is 50.5 Å². The van der Waals surface area contributed by atoms with Crippen molar-refractivity contribution in [3.8, 4) is 0 Å². The van der Waals surface area contributed by atoms with Crippen LogP contribution in [-0.4, -0.2) is 24.3 Å². The first-order chi connectivity index (χ1) is 12.0. The Morgan fingerprint density at radius 3 is 2.68 bits per heavy atom. The highest BCUT2D eigenvalue weighted by Crippen LogP contribution is 2.34. The molecule has 0 atom stereocenters. The van der Waals surface area contributed by atoms with Crippen LogP contribution in [0.3, 0.4) is 0 Å². The lowest BCUT2D eigenvalue weighted by molar-refractivity contribution is 0.350. The van der Waals surface area contributed by atoms with Crippen molar-refractivity contribution < 1.29 is 12.9 Å². The molecule has 1 aromatic carbocycles. The average Bonchev–Trinajstić information content (AvgIpc) is 3.33. The number of nitrogens with two attached hydrogens (primary N) is 1. The monoisotopic (exact) mass is 361 g/mol. The molecule has 2 aromatic rings. The molecule has 4 rings (SSSR count). The highest BCUT2D eigenvalue weighted by atomic mass is 32.2. The molecular weight excluding hydrogens is 338 g/mol. The van der Waals surface area contributed by atoms with Gasteiger partial charge in [-0.3, -0.25) is 0 Å². The topological polar surface area (TPSA) is 99.1 Å². The SMILES string of the molecule is NC1(c2noc(CCS(=O)(=O)c3ccc4c(c3)CCC4)n2)CCCC1. The van der Waals surface area contributed by atoms with Gasteiger partial charge < -0.3 is 10.3 Å². The third-order valence-electron chi connectivity index (χ3n) is 5.42. The molecule has 1 fully saturated rings. The number of sulfone groups is 1. The van der Waals surface area contributed by atoms with Gasteiger partial charge in [0, 0.05) is 6.42 Å². The maximum absolute atomic E-state index is 12.6. The number of rotatable bonds is 5. The highest BCUT2D eigenvalue weighted by Gasteiger charge is 2.36. The van der Waals surface area contributed by atoms with Crippen LogP contribution in [0, 0.1) is 0 Å². The Morgan fingerprint density at radius 2 is 1.88 bits per heavy atom. The smallest absolute Gasteiger partial charge is 0.227 e. The molecule has 2 N–H and O–H groups in total. The summed E-state index contributed by atoms with van der Waals surface area (Å²) < 4.78 is 30.5. The fourth-order valence-corrected chi connectivity index (χ4v) is 5.15. The summed E-state index contributed by atoms with van der Waals surface area (Å²) in [4.78, 5) is 4.74. The quantitative estimate of drug-likeness (QED) is 0.877. The zero-order valence-corrected chi connectivity index (χ0v) is 15.0. The summed E-state index contributed by atoms with van der Waals surface area (Å²) in [5.41, 5.74) is 8.23. The van der Waals surface area contributed by atoms with Crippen molar-refractivity contribution in [3.63, 3.8) is 0 Å². The molecule has 2 aliphatic carbocycles. The van der Waals surface area contributed by atoms with Crippen LogP contribution in [0.1, 0.15) is 54.9 Å². The van der Waals surface area contributed by atoms with E-state index in [1.165, 1.54) is 5.56 Å². The fraction of sp³-hybridized carbons (Fsp3) is 0.556. The first kappa shape index (κ1) is 16.7. The van der Waals surface area contributed by atoms with Gasteiger partial charge in [-0.25, -0.2) is 8.42 Å². The van der Waals surface area contributed by atoms with Gasteiger partial charge in [0.05, 0.1) is 16.2 Å². The number of hydrogen-bond acceptors (Lipinski definition) is 6. The van der Waals surface area contributed by atoms with E-state index in [0.29, 0.717) is 16.6 Å². The van der Waals surface area contributed by atoms with Crippen molar-refractivity contribution in [2.75, 3.05) is 5.75 Å². The van der Waals surface area contributed by atoms with Gasteiger partial charge in [-0.15, -0.1) is 0 Å². The Balaban J connectivity index is 1.46. The average molecular weight is 361 g/mol. The molecule has 2 aliphatic rings. The molecule has 0 spiro atoms. The van der Waals surface area contributed by atoms with Gasteiger partial charge in [-0.2, -0.15) is 4.98 Å². The van der Waals surface area contributed by atoms with Crippen LogP contribution in [0.2, 0.25) is 0 Å². The molecule has 0 amide bonds. The second kappa shape index (κ2) is 6.21. The van der Waals surface area contributed by atoms with Gasteiger partial charge in [0.1, 0.15) is 0 Å². The fourth-order valence-electron chi connectivity index (χ4n) is 3.87. The summed E-state index contributed by atoms with van der Waals surface area (Å²) in [7, 11) is -3.36. The van der Waals surface area contributed by atoms with Crippen molar-refractivity contribution in [1.29, 1.82) is 0 Å². The largest absolute Gasteiger partial charge is 0.339 e. The van der Waals surface area contributed by atoms with Gasteiger partial charge in [0.15, 0.2) is 15.7 Å². The first-order valence-electron chi connectivity index (χ1n) is 8.93. The van der Waals surface area contributed by atoms with E-state index in [2.05, 4.69) is 10.1 Å². The maximum Gasteiger partial charge on any atom is 0.227 e. The minimum absolute atomic E-state index is 0.0367. The molecule has 0 saturated heterocycles.